The minimum absolute atomic E-state index is 0.605. The van der Waals surface area contributed by atoms with E-state index in [2.05, 4.69) is 30.7 Å². The smallest absolute Gasteiger partial charge is 0.133 e. The molecule has 1 rings (SSSR count). The largest absolute Gasteiger partial charge is 0.304 e. The second-order valence-corrected chi connectivity index (χ2v) is 3.48. The van der Waals surface area contributed by atoms with Crippen LogP contribution in [0.1, 0.15) is 20.3 Å². The van der Waals surface area contributed by atoms with Gasteiger partial charge >= 0.3 is 0 Å². The Morgan fingerprint density at radius 3 is 2.00 bits per heavy atom. The van der Waals surface area contributed by atoms with Gasteiger partial charge in [-0.2, -0.15) is 0 Å². The van der Waals surface area contributed by atoms with Crippen molar-refractivity contribution >= 4 is 6.29 Å². The van der Waals surface area contributed by atoms with Crippen LogP contribution < -0.4 is 0 Å². The van der Waals surface area contributed by atoms with Crippen molar-refractivity contribution in [3.8, 4) is 0 Å². The number of rotatable bonds is 2. The standard InChI is InChI=1S/C7H14N2O.C3H8/c1-8-2-4-9(5-3-8)6-7-10;1-3-2/h7H,2-6H2,1H3;3H2,1-2H3. The molecule has 78 valence electrons. The number of carbonyl (C=O) groups excluding carboxylic acids is 1. The third-order valence-corrected chi connectivity index (χ3v) is 1.93. The Morgan fingerprint density at radius 2 is 1.62 bits per heavy atom. The fourth-order valence-corrected chi connectivity index (χ4v) is 1.14. The van der Waals surface area contributed by atoms with Crippen LogP contribution >= 0.6 is 0 Å². The van der Waals surface area contributed by atoms with Crippen LogP contribution in [0.15, 0.2) is 0 Å². The molecule has 0 unspecified atom stereocenters. The zero-order chi connectivity index (χ0) is 10.1. The van der Waals surface area contributed by atoms with Crippen molar-refractivity contribution in [3.63, 3.8) is 0 Å². The quantitative estimate of drug-likeness (QED) is 0.597. The van der Waals surface area contributed by atoms with E-state index in [-0.39, 0.29) is 0 Å². The molecule has 1 aliphatic heterocycles. The molecule has 0 aromatic rings. The first-order valence-corrected chi connectivity index (χ1v) is 5.09. The average Bonchev–Trinajstić information content (AvgIpc) is 2.11. The third kappa shape index (κ3) is 6.72. The van der Waals surface area contributed by atoms with E-state index >= 15 is 0 Å². The monoisotopic (exact) mass is 186 g/mol. The molecule has 3 nitrogen and oxygen atoms in total. The van der Waals surface area contributed by atoms with Gasteiger partial charge in [-0.25, -0.2) is 0 Å². The molecule has 1 aliphatic rings. The van der Waals surface area contributed by atoms with Gasteiger partial charge < -0.3 is 9.69 Å². The Kier molecular flexibility index (Phi) is 7.94. The number of carbonyl (C=O) groups is 1. The van der Waals surface area contributed by atoms with Crippen LogP contribution in [0.4, 0.5) is 0 Å². The van der Waals surface area contributed by atoms with Gasteiger partial charge in [0, 0.05) is 26.2 Å². The van der Waals surface area contributed by atoms with Gasteiger partial charge in [0.25, 0.3) is 0 Å². The van der Waals surface area contributed by atoms with E-state index in [0.29, 0.717) is 6.54 Å². The molecular formula is C10H22N2O. The molecule has 0 spiro atoms. The van der Waals surface area contributed by atoms with Gasteiger partial charge in [-0.1, -0.05) is 20.3 Å². The van der Waals surface area contributed by atoms with E-state index in [0.717, 1.165) is 32.5 Å². The van der Waals surface area contributed by atoms with E-state index in [1.54, 1.807) is 0 Å². The van der Waals surface area contributed by atoms with Gasteiger partial charge in [-0.3, -0.25) is 4.90 Å². The van der Waals surface area contributed by atoms with Crippen LogP contribution in [0, 0.1) is 0 Å². The summed E-state index contributed by atoms with van der Waals surface area (Å²) in [7, 11) is 2.11. The SMILES string of the molecule is CCC.CN1CCN(CC=O)CC1. The molecule has 0 atom stereocenters. The molecule has 0 aromatic heterocycles. The highest BCUT2D eigenvalue weighted by Crippen LogP contribution is 1.96. The number of likely N-dealkylation sites (N-methyl/N-ethyl adjacent to an activating group) is 1. The number of hydrogen-bond donors (Lipinski definition) is 0. The fourth-order valence-electron chi connectivity index (χ4n) is 1.14. The predicted octanol–water partition coefficient (Wildman–Crippen LogP) is 0.849. The number of aldehydes is 1. The van der Waals surface area contributed by atoms with Crippen molar-refractivity contribution in [3.05, 3.63) is 0 Å². The van der Waals surface area contributed by atoms with E-state index in [1.807, 2.05) is 0 Å². The van der Waals surface area contributed by atoms with Crippen molar-refractivity contribution in [1.82, 2.24) is 9.80 Å². The average molecular weight is 186 g/mol. The molecule has 0 saturated carbocycles. The maximum atomic E-state index is 10.1. The Bertz CT molecular complexity index is 120. The van der Waals surface area contributed by atoms with Crippen molar-refractivity contribution in [2.24, 2.45) is 0 Å². The summed E-state index contributed by atoms with van der Waals surface area (Å²) < 4.78 is 0. The zero-order valence-electron chi connectivity index (χ0n) is 9.12. The first-order valence-electron chi connectivity index (χ1n) is 5.09. The molecule has 0 radical (unpaired) electrons. The Labute approximate surface area is 81.7 Å². The van der Waals surface area contributed by atoms with Crippen molar-refractivity contribution in [2.45, 2.75) is 20.3 Å². The van der Waals surface area contributed by atoms with Gasteiger partial charge in [0.2, 0.25) is 0 Å². The highest BCUT2D eigenvalue weighted by molar-refractivity contribution is 5.51. The highest BCUT2D eigenvalue weighted by atomic mass is 16.1. The van der Waals surface area contributed by atoms with Gasteiger partial charge in [0.15, 0.2) is 0 Å². The molecule has 3 heteroatoms. The lowest BCUT2D eigenvalue weighted by Crippen LogP contribution is -2.44. The molecule has 0 bridgehead atoms. The lowest BCUT2D eigenvalue weighted by molar-refractivity contribution is -0.109. The molecule has 0 aliphatic carbocycles. The summed E-state index contributed by atoms with van der Waals surface area (Å²) >= 11 is 0. The molecule has 0 aromatic carbocycles. The van der Waals surface area contributed by atoms with Gasteiger partial charge in [0.1, 0.15) is 6.29 Å². The Hall–Kier alpha value is -0.410. The Morgan fingerprint density at radius 1 is 1.15 bits per heavy atom. The second kappa shape index (κ2) is 8.20. The molecule has 0 N–H and O–H groups in total. The molecule has 1 fully saturated rings. The number of hydrogen-bond acceptors (Lipinski definition) is 3. The molecular weight excluding hydrogens is 164 g/mol. The van der Waals surface area contributed by atoms with Crippen molar-refractivity contribution in [1.29, 1.82) is 0 Å². The van der Waals surface area contributed by atoms with Gasteiger partial charge in [-0.05, 0) is 7.05 Å². The van der Waals surface area contributed by atoms with E-state index in [4.69, 9.17) is 0 Å². The lowest BCUT2D eigenvalue weighted by Gasteiger charge is -2.30. The predicted molar refractivity (Wildman–Crippen MR) is 56.0 cm³/mol. The van der Waals surface area contributed by atoms with Crippen LogP contribution in [-0.4, -0.2) is 55.9 Å². The molecule has 1 saturated heterocycles. The first-order chi connectivity index (χ1) is 6.24. The maximum absolute atomic E-state index is 10.1. The highest BCUT2D eigenvalue weighted by Gasteiger charge is 2.11. The zero-order valence-corrected chi connectivity index (χ0v) is 9.12. The summed E-state index contributed by atoms with van der Waals surface area (Å²) in [6.45, 7) is 9.11. The van der Waals surface area contributed by atoms with Crippen LogP contribution in [-0.2, 0) is 4.79 Å². The third-order valence-electron chi connectivity index (χ3n) is 1.93. The van der Waals surface area contributed by atoms with E-state index in [1.165, 1.54) is 6.42 Å². The van der Waals surface area contributed by atoms with E-state index < -0.39 is 0 Å². The summed E-state index contributed by atoms with van der Waals surface area (Å²) in [6, 6.07) is 0. The van der Waals surface area contributed by atoms with Gasteiger partial charge in [-0.15, -0.1) is 0 Å². The van der Waals surface area contributed by atoms with Crippen LogP contribution in [0.25, 0.3) is 0 Å². The molecule has 1 heterocycles. The molecule has 0 amide bonds. The first kappa shape index (κ1) is 12.6. The summed E-state index contributed by atoms with van der Waals surface area (Å²) in [5, 5.41) is 0. The van der Waals surface area contributed by atoms with Crippen molar-refractivity contribution < 1.29 is 4.79 Å². The minimum Gasteiger partial charge on any atom is -0.304 e. The van der Waals surface area contributed by atoms with Crippen molar-refractivity contribution in [2.75, 3.05) is 39.8 Å². The summed E-state index contributed by atoms with van der Waals surface area (Å²) in [5.41, 5.74) is 0. The summed E-state index contributed by atoms with van der Waals surface area (Å²) in [5.74, 6) is 0. The molecule has 13 heavy (non-hydrogen) atoms. The van der Waals surface area contributed by atoms with Crippen LogP contribution in [0.2, 0.25) is 0 Å². The lowest BCUT2D eigenvalue weighted by atomic mass is 10.3. The topological polar surface area (TPSA) is 23.6 Å². The fraction of sp³-hybridized carbons (Fsp3) is 0.900. The number of nitrogens with zero attached hydrogens (tertiary/aromatic N) is 2. The second-order valence-electron chi connectivity index (χ2n) is 3.48. The minimum atomic E-state index is 0.605. The van der Waals surface area contributed by atoms with Crippen LogP contribution in [0.5, 0.6) is 0 Å². The Balaban J connectivity index is 0.000000424. The summed E-state index contributed by atoms with van der Waals surface area (Å²) in [6.07, 6.45) is 2.23. The van der Waals surface area contributed by atoms with Crippen LogP contribution in [0.3, 0.4) is 0 Å². The van der Waals surface area contributed by atoms with E-state index in [9.17, 15) is 4.79 Å². The normalized spacial score (nSPS) is 19.0. The van der Waals surface area contributed by atoms with Gasteiger partial charge in [0.05, 0.1) is 6.54 Å². The number of piperazine rings is 1. The summed E-state index contributed by atoms with van der Waals surface area (Å²) in [4.78, 5) is 14.6. The maximum Gasteiger partial charge on any atom is 0.133 e.